The van der Waals surface area contributed by atoms with E-state index in [1.165, 1.54) is 25.7 Å². The van der Waals surface area contributed by atoms with Crippen molar-refractivity contribution in [1.82, 2.24) is 0 Å². The Morgan fingerprint density at radius 2 is 2.06 bits per heavy atom. The van der Waals surface area contributed by atoms with Gasteiger partial charge in [0.2, 0.25) is 0 Å². The minimum Gasteiger partial charge on any atom is -0.371 e. The SMILES string of the molecule is CN(c1cccc(Cl)c1C#N)C1CCCC1. The molecular weight excluding hydrogens is 220 g/mol. The Labute approximate surface area is 101 Å². The summed E-state index contributed by atoms with van der Waals surface area (Å²) >= 11 is 6.03. The molecule has 0 spiro atoms. The summed E-state index contributed by atoms with van der Waals surface area (Å²) in [6, 6.07) is 8.41. The molecule has 1 aromatic rings. The van der Waals surface area contributed by atoms with Crippen LogP contribution in [0.25, 0.3) is 0 Å². The largest absolute Gasteiger partial charge is 0.371 e. The highest BCUT2D eigenvalue weighted by Gasteiger charge is 2.22. The molecule has 16 heavy (non-hydrogen) atoms. The Morgan fingerprint density at radius 1 is 1.38 bits per heavy atom. The molecule has 2 rings (SSSR count). The molecule has 1 aromatic carbocycles. The second-order valence-corrected chi connectivity index (χ2v) is 4.70. The molecule has 0 atom stereocenters. The Bertz CT molecular complexity index is 416. The summed E-state index contributed by atoms with van der Waals surface area (Å²) < 4.78 is 0. The van der Waals surface area contributed by atoms with Crippen molar-refractivity contribution in [2.75, 3.05) is 11.9 Å². The van der Waals surface area contributed by atoms with Crippen LogP contribution >= 0.6 is 11.6 Å². The summed E-state index contributed by atoms with van der Waals surface area (Å²) in [6.45, 7) is 0. The van der Waals surface area contributed by atoms with Gasteiger partial charge in [0, 0.05) is 13.1 Å². The first-order valence-corrected chi connectivity index (χ1v) is 6.03. The maximum atomic E-state index is 9.13. The van der Waals surface area contributed by atoms with Crippen LogP contribution in [0.3, 0.4) is 0 Å². The second-order valence-electron chi connectivity index (χ2n) is 4.29. The Morgan fingerprint density at radius 3 is 2.69 bits per heavy atom. The van der Waals surface area contributed by atoms with E-state index < -0.39 is 0 Å². The minimum atomic E-state index is 0.546. The molecule has 0 unspecified atom stereocenters. The van der Waals surface area contributed by atoms with E-state index in [1.807, 2.05) is 12.1 Å². The molecule has 1 aliphatic rings. The van der Waals surface area contributed by atoms with Crippen LogP contribution in [-0.4, -0.2) is 13.1 Å². The lowest BCUT2D eigenvalue weighted by molar-refractivity contribution is 0.653. The van der Waals surface area contributed by atoms with Gasteiger partial charge in [0.25, 0.3) is 0 Å². The van der Waals surface area contributed by atoms with Crippen molar-refractivity contribution in [2.45, 2.75) is 31.7 Å². The molecule has 0 aromatic heterocycles. The van der Waals surface area contributed by atoms with Crippen LogP contribution in [0.1, 0.15) is 31.2 Å². The lowest BCUT2D eigenvalue weighted by atomic mass is 10.1. The normalized spacial score (nSPS) is 16.1. The summed E-state index contributed by atoms with van der Waals surface area (Å²) in [4.78, 5) is 2.21. The molecular formula is C13H15ClN2. The third-order valence-corrected chi connectivity index (χ3v) is 3.67. The van der Waals surface area contributed by atoms with Crippen LogP contribution in [0.5, 0.6) is 0 Å². The zero-order valence-electron chi connectivity index (χ0n) is 9.41. The molecule has 3 heteroatoms. The van der Waals surface area contributed by atoms with Crippen molar-refractivity contribution in [1.29, 1.82) is 5.26 Å². The van der Waals surface area contributed by atoms with E-state index in [-0.39, 0.29) is 0 Å². The summed E-state index contributed by atoms with van der Waals surface area (Å²) in [7, 11) is 2.06. The number of nitriles is 1. The molecule has 1 fully saturated rings. The summed E-state index contributed by atoms with van der Waals surface area (Å²) in [5.74, 6) is 0. The Balaban J connectivity index is 2.32. The van der Waals surface area contributed by atoms with Gasteiger partial charge in [-0.15, -0.1) is 0 Å². The fourth-order valence-electron chi connectivity index (χ4n) is 2.41. The lowest BCUT2D eigenvalue weighted by Gasteiger charge is -2.27. The molecule has 84 valence electrons. The number of hydrogen-bond acceptors (Lipinski definition) is 2. The first kappa shape index (κ1) is 11.3. The van der Waals surface area contributed by atoms with Crippen molar-refractivity contribution in [3.63, 3.8) is 0 Å². The van der Waals surface area contributed by atoms with Gasteiger partial charge in [-0.1, -0.05) is 30.5 Å². The van der Waals surface area contributed by atoms with Crippen LogP contribution < -0.4 is 4.90 Å². The average molecular weight is 235 g/mol. The van der Waals surface area contributed by atoms with Crippen LogP contribution in [-0.2, 0) is 0 Å². The smallest absolute Gasteiger partial charge is 0.103 e. The van der Waals surface area contributed by atoms with Crippen LogP contribution in [0.15, 0.2) is 18.2 Å². The second kappa shape index (κ2) is 4.76. The van der Waals surface area contributed by atoms with Crippen LogP contribution in [0, 0.1) is 11.3 Å². The molecule has 2 nitrogen and oxygen atoms in total. The number of hydrogen-bond donors (Lipinski definition) is 0. The van der Waals surface area contributed by atoms with Crippen molar-refractivity contribution in [3.05, 3.63) is 28.8 Å². The predicted molar refractivity (Wildman–Crippen MR) is 66.8 cm³/mol. The van der Waals surface area contributed by atoms with Gasteiger partial charge in [-0.05, 0) is 25.0 Å². The van der Waals surface area contributed by atoms with E-state index in [1.54, 1.807) is 6.07 Å². The van der Waals surface area contributed by atoms with Gasteiger partial charge in [-0.3, -0.25) is 0 Å². The average Bonchev–Trinajstić information content (AvgIpc) is 2.81. The van der Waals surface area contributed by atoms with Crippen molar-refractivity contribution in [2.24, 2.45) is 0 Å². The number of rotatable bonds is 2. The van der Waals surface area contributed by atoms with Gasteiger partial charge in [0.1, 0.15) is 6.07 Å². The fraction of sp³-hybridized carbons (Fsp3) is 0.462. The van der Waals surface area contributed by atoms with Gasteiger partial charge in [0.05, 0.1) is 16.3 Å². The molecule has 0 N–H and O–H groups in total. The van der Waals surface area contributed by atoms with Gasteiger partial charge >= 0.3 is 0 Å². The first-order valence-electron chi connectivity index (χ1n) is 5.65. The van der Waals surface area contributed by atoms with E-state index in [0.717, 1.165) is 5.69 Å². The first-order chi connectivity index (χ1) is 7.74. The zero-order chi connectivity index (χ0) is 11.5. The highest BCUT2D eigenvalue weighted by Crippen LogP contribution is 2.31. The molecule has 0 aliphatic heterocycles. The highest BCUT2D eigenvalue weighted by molar-refractivity contribution is 6.32. The van der Waals surface area contributed by atoms with Crippen LogP contribution in [0.4, 0.5) is 5.69 Å². The van der Waals surface area contributed by atoms with E-state index in [4.69, 9.17) is 16.9 Å². The van der Waals surface area contributed by atoms with E-state index in [9.17, 15) is 0 Å². The molecule has 0 amide bonds. The molecule has 0 saturated heterocycles. The van der Waals surface area contributed by atoms with Gasteiger partial charge in [0.15, 0.2) is 0 Å². The van der Waals surface area contributed by atoms with Crippen molar-refractivity contribution >= 4 is 17.3 Å². The third kappa shape index (κ3) is 2.01. The molecule has 1 aliphatic carbocycles. The Kier molecular flexibility index (Phi) is 3.36. The molecule has 0 radical (unpaired) electrons. The predicted octanol–water partition coefficient (Wildman–Crippen LogP) is 3.59. The van der Waals surface area contributed by atoms with Crippen LogP contribution in [0.2, 0.25) is 5.02 Å². The number of anilines is 1. The minimum absolute atomic E-state index is 0.546. The Hall–Kier alpha value is -1.20. The highest BCUT2D eigenvalue weighted by atomic mass is 35.5. The van der Waals surface area contributed by atoms with Gasteiger partial charge in [-0.25, -0.2) is 0 Å². The number of halogens is 1. The maximum Gasteiger partial charge on any atom is 0.103 e. The number of benzene rings is 1. The van der Waals surface area contributed by atoms with E-state index >= 15 is 0 Å². The number of nitrogens with zero attached hydrogens (tertiary/aromatic N) is 2. The lowest BCUT2D eigenvalue weighted by Crippen LogP contribution is -2.29. The van der Waals surface area contributed by atoms with Crippen molar-refractivity contribution < 1.29 is 0 Å². The summed E-state index contributed by atoms with van der Waals surface area (Å²) in [5, 5.41) is 9.68. The molecule has 1 saturated carbocycles. The van der Waals surface area contributed by atoms with Gasteiger partial charge in [-0.2, -0.15) is 5.26 Å². The maximum absolute atomic E-state index is 9.13. The van der Waals surface area contributed by atoms with Crippen molar-refractivity contribution in [3.8, 4) is 6.07 Å². The van der Waals surface area contributed by atoms with Gasteiger partial charge < -0.3 is 4.90 Å². The standard InChI is InChI=1S/C13H15ClN2/c1-16(10-5-2-3-6-10)13-8-4-7-12(14)11(13)9-15/h4,7-8,10H,2-3,5-6H2,1H3. The summed E-state index contributed by atoms with van der Waals surface area (Å²) in [5.41, 5.74) is 1.56. The third-order valence-electron chi connectivity index (χ3n) is 3.36. The fourth-order valence-corrected chi connectivity index (χ4v) is 2.62. The quantitative estimate of drug-likeness (QED) is 0.782. The van der Waals surface area contributed by atoms with E-state index in [0.29, 0.717) is 16.6 Å². The monoisotopic (exact) mass is 234 g/mol. The topological polar surface area (TPSA) is 27.0 Å². The van der Waals surface area contributed by atoms with E-state index in [2.05, 4.69) is 18.0 Å². The molecule has 0 heterocycles. The summed E-state index contributed by atoms with van der Waals surface area (Å²) in [6.07, 6.45) is 5.01. The zero-order valence-corrected chi connectivity index (χ0v) is 10.2. The molecule has 0 bridgehead atoms.